The van der Waals surface area contributed by atoms with Gasteiger partial charge in [0, 0.05) is 5.92 Å². The maximum Gasteiger partial charge on any atom is 0.0348 e. The molecular formula is C31H39P2. The lowest BCUT2D eigenvalue weighted by molar-refractivity contribution is 0.486. The van der Waals surface area contributed by atoms with Gasteiger partial charge in [0.2, 0.25) is 0 Å². The molecule has 0 aromatic heterocycles. The first kappa shape index (κ1) is 23.5. The van der Waals surface area contributed by atoms with E-state index in [1.54, 1.807) is 11.2 Å². The first-order chi connectivity index (χ1) is 16.3. The summed E-state index contributed by atoms with van der Waals surface area (Å²) in [6.07, 6.45) is 22.1. The number of benzene rings is 2. The van der Waals surface area contributed by atoms with Gasteiger partial charge >= 0.3 is 0 Å². The molecule has 33 heavy (non-hydrogen) atoms. The average Bonchev–Trinajstić information content (AvgIpc) is 3.36. The number of allylic oxidation sites excluding steroid dienone is 4. The van der Waals surface area contributed by atoms with E-state index in [9.17, 15) is 0 Å². The highest BCUT2D eigenvalue weighted by Crippen LogP contribution is 2.66. The zero-order chi connectivity index (χ0) is 22.5. The highest BCUT2D eigenvalue weighted by atomic mass is 31.1. The molecule has 3 aliphatic rings. The minimum atomic E-state index is -0.428. The zero-order valence-corrected chi connectivity index (χ0v) is 22.0. The first-order valence-electron chi connectivity index (χ1n) is 13.3. The summed E-state index contributed by atoms with van der Waals surface area (Å²) in [5, 5.41) is 4.81. The minimum absolute atomic E-state index is 0.0605. The maximum absolute atomic E-state index is 2.56. The van der Waals surface area contributed by atoms with E-state index < -0.39 is 7.92 Å². The number of hydrogen-bond donors (Lipinski definition) is 0. The van der Waals surface area contributed by atoms with Crippen molar-refractivity contribution in [2.75, 3.05) is 0 Å². The van der Waals surface area contributed by atoms with E-state index in [2.05, 4.69) is 85.8 Å². The Bertz CT molecular complexity index is 862. The topological polar surface area (TPSA) is 0 Å². The molecule has 2 aromatic carbocycles. The summed E-state index contributed by atoms with van der Waals surface area (Å²) < 4.78 is 0. The van der Waals surface area contributed by atoms with Crippen LogP contribution in [0.1, 0.15) is 71.1 Å². The third kappa shape index (κ3) is 5.39. The van der Waals surface area contributed by atoms with E-state index in [-0.39, 0.29) is 7.92 Å². The fraction of sp³-hybridized carbons (Fsp3) is 0.452. The van der Waals surface area contributed by atoms with Crippen LogP contribution in [0.25, 0.3) is 0 Å². The molecule has 0 amide bonds. The Morgan fingerprint density at radius 1 is 0.667 bits per heavy atom. The molecular weight excluding hydrogens is 434 g/mol. The second kappa shape index (κ2) is 11.5. The monoisotopic (exact) mass is 473 g/mol. The van der Waals surface area contributed by atoms with Crippen molar-refractivity contribution in [3.8, 4) is 0 Å². The van der Waals surface area contributed by atoms with E-state index in [1.165, 1.54) is 74.8 Å². The van der Waals surface area contributed by atoms with Gasteiger partial charge in [0.05, 0.1) is 0 Å². The molecule has 0 nitrogen and oxygen atoms in total. The third-order valence-corrected chi connectivity index (χ3v) is 14.3. The Kier molecular flexibility index (Phi) is 8.18. The lowest BCUT2D eigenvalue weighted by Gasteiger charge is -2.42. The lowest BCUT2D eigenvalue weighted by atomic mass is 9.99. The molecule has 2 heteroatoms. The second-order valence-electron chi connectivity index (χ2n) is 10.1. The van der Waals surface area contributed by atoms with Gasteiger partial charge in [0.25, 0.3) is 0 Å². The van der Waals surface area contributed by atoms with Crippen molar-refractivity contribution in [1.82, 2.24) is 0 Å². The van der Waals surface area contributed by atoms with Gasteiger partial charge in [0.1, 0.15) is 0 Å². The van der Waals surface area contributed by atoms with Crippen molar-refractivity contribution in [1.29, 1.82) is 0 Å². The summed E-state index contributed by atoms with van der Waals surface area (Å²) >= 11 is 0. The molecule has 5 rings (SSSR count). The van der Waals surface area contributed by atoms with Gasteiger partial charge in [0.15, 0.2) is 0 Å². The first-order valence-corrected chi connectivity index (χ1v) is 16.2. The van der Waals surface area contributed by atoms with Crippen LogP contribution in [0.3, 0.4) is 0 Å². The molecule has 1 atom stereocenters. The van der Waals surface area contributed by atoms with Crippen LogP contribution >= 0.6 is 15.8 Å². The molecule has 2 saturated carbocycles. The highest BCUT2D eigenvalue weighted by molar-refractivity contribution is 7.74. The summed E-state index contributed by atoms with van der Waals surface area (Å²) in [5.74, 6) is 1.68. The van der Waals surface area contributed by atoms with E-state index in [0.717, 1.165) is 11.3 Å². The van der Waals surface area contributed by atoms with E-state index in [1.807, 2.05) is 0 Å². The molecule has 0 saturated heterocycles. The van der Waals surface area contributed by atoms with Crippen LogP contribution in [0, 0.1) is 5.92 Å². The Hall–Kier alpha value is -1.22. The van der Waals surface area contributed by atoms with Crippen molar-refractivity contribution < 1.29 is 0 Å². The number of hydrogen-bond acceptors (Lipinski definition) is 0. The van der Waals surface area contributed by atoms with E-state index >= 15 is 0 Å². The van der Waals surface area contributed by atoms with Crippen molar-refractivity contribution >= 4 is 26.5 Å². The van der Waals surface area contributed by atoms with Crippen LogP contribution in [0.5, 0.6) is 0 Å². The van der Waals surface area contributed by atoms with Crippen LogP contribution in [-0.4, -0.2) is 17.0 Å². The van der Waals surface area contributed by atoms with E-state index in [4.69, 9.17) is 0 Å². The van der Waals surface area contributed by atoms with Gasteiger partial charge in [-0.2, -0.15) is 0 Å². The summed E-state index contributed by atoms with van der Waals surface area (Å²) in [6, 6.07) is 22.7. The summed E-state index contributed by atoms with van der Waals surface area (Å²) in [6.45, 7) is 2.53. The standard InChI is InChI=1S/C31H39P2/c1-25(32(26-15-6-2-7-16-26)27-17-8-3-9-18-27)30-23-14-24-31(30)33(28-19-10-4-11-20-28)29-21-12-5-13-22-29/h2-3,6-9,14-18,23-25,28-29H,4-5,10-13,19-22H2,1H3/t25-/m0/s1. The molecule has 173 valence electrons. The SMILES string of the molecule is C[C@@H]([C]1C=CC=C1P(C1CCCCC1)C1CCCCC1)P(c1ccccc1)c1ccccc1. The average molecular weight is 474 g/mol. The van der Waals surface area contributed by atoms with Gasteiger partial charge in [-0.1, -0.05) is 132 Å². The van der Waals surface area contributed by atoms with Crippen LogP contribution in [0.4, 0.5) is 0 Å². The molecule has 1 radical (unpaired) electrons. The molecule has 0 N–H and O–H groups in total. The molecule has 0 spiro atoms. The van der Waals surface area contributed by atoms with Crippen molar-refractivity contribution in [3.05, 3.63) is 90.1 Å². The number of rotatable bonds is 7. The van der Waals surface area contributed by atoms with Gasteiger partial charge in [-0.05, 0) is 66.5 Å². The molecule has 3 aliphatic carbocycles. The van der Waals surface area contributed by atoms with Crippen LogP contribution in [0.15, 0.2) is 84.2 Å². The Morgan fingerprint density at radius 2 is 1.15 bits per heavy atom. The van der Waals surface area contributed by atoms with Crippen molar-refractivity contribution in [3.63, 3.8) is 0 Å². The predicted molar refractivity (Wildman–Crippen MR) is 150 cm³/mol. The van der Waals surface area contributed by atoms with Crippen LogP contribution in [-0.2, 0) is 0 Å². The minimum Gasteiger partial charge on any atom is -0.0724 e. The molecule has 2 aromatic rings. The van der Waals surface area contributed by atoms with Crippen molar-refractivity contribution in [2.45, 2.75) is 88.1 Å². The largest absolute Gasteiger partial charge is 0.0724 e. The van der Waals surface area contributed by atoms with E-state index in [0.29, 0.717) is 5.66 Å². The molecule has 2 fully saturated rings. The molecule has 0 unspecified atom stereocenters. The third-order valence-electron chi connectivity index (χ3n) is 7.95. The van der Waals surface area contributed by atoms with Gasteiger partial charge < -0.3 is 0 Å². The smallest absolute Gasteiger partial charge is 0.0348 e. The van der Waals surface area contributed by atoms with Crippen LogP contribution in [0.2, 0.25) is 0 Å². The quantitative estimate of drug-likeness (QED) is 0.353. The predicted octanol–water partition coefficient (Wildman–Crippen LogP) is 8.68. The highest BCUT2D eigenvalue weighted by Gasteiger charge is 2.40. The van der Waals surface area contributed by atoms with Gasteiger partial charge in [-0.15, -0.1) is 0 Å². The summed E-state index contributed by atoms with van der Waals surface area (Å²) in [4.78, 5) is 0. The van der Waals surface area contributed by atoms with Crippen LogP contribution < -0.4 is 10.6 Å². The Labute approximate surface area is 204 Å². The Balaban J connectivity index is 1.47. The maximum atomic E-state index is 2.56. The fourth-order valence-corrected chi connectivity index (χ4v) is 13.2. The second-order valence-corrected chi connectivity index (χ2v) is 15.4. The Morgan fingerprint density at radius 3 is 1.64 bits per heavy atom. The molecule has 0 heterocycles. The van der Waals surface area contributed by atoms with Crippen molar-refractivity contribution in [2.24, 2.45) is 0 Å². The van der Waals surface area contributed by atoms with Gasteiger partial charge in [-0.25, -0.2) is 0 Å². The lowest BCUT2D eigenvalue weighted by Crippen LogP contribution is -2.27. The normalized spacial score (nSPS) is 21.6. The summed E-state index contributed by atoms with van der Waals surface area (Å²) in [5.41, 5.74) is 2.47. The van der Waals surface area contributed by atoms with Gasteiger partial charge in [-0.3, -0.25) is 0 Å². The molecule has 0 bridgehead atoms. The molecule has 0 aliphatic heterocycles. The fourth-order valence-electron chi connectivity index (χ4n) is 6.34. The summed E-state index contributed by atoms with van der Waals surface area (Å²) in [7, 11) is -0.489. The zero-order valence-electron chi connectivity index (χ0n) is 20.2.